The van der Waals surface area contributed by atoms with Crippen LogP contribution in [0.5, 0.6) is 11.5 Å². The Bertz CT molecular complexity index is 626. The zero-order chi connectivity index (χ0) is 14.9. The van der Waals surface area contributed by atoms with Gasteiger partial charge < -0.3 is 4.74 Å². The number of alkyl halides is 3. The molecular formula is C12H5Cl3F3NO. The lowest BCUT2D eigenvalue weighted by Gasteiger charge is -2.14. The van der Waals surface area contributed by atoms with E-state index in [0.717, 1.165) is 12.3 Å². The molecule has 0 aliphatic heterocycles. The van der Waals surface area contributed by atoms with E-state index in [4.69, 9.17) is 39.5 Å². The Kier molecular flexibility index (Phi) is 4.32. The average molecular weight is 343 g/mol. The van der Waals surface area contributed by atoms with E-state index in [-0.39, 0.29) is 15.8 Å². The Balaban J connectivity index is 2.48. The Hall–Kier alpha value is -1.17. The largest absolute Gasteiger partial charge is 0.453 e. The summed E-state index contributed by atoms with van der Waals surface area (Å²) in [5, 5.41) is 0.0399. The van der Waals surface area contributed by atoms with E-state index in [9.17, 15) is 13.2 Å². The minimum atomic E-state index is -4.62. The number of benzene rings is 1. The molecule has 2 aromatic rings. The molecule has 0 fully saturated rings. The molecule has 0 aliphatic rings. The predicted octanol–water partition coefficient (Wildman–Crippen LogP) is 5.85. The van der Waals surface area contributed by atoms with Crippen LogP contribution in [0, 0.1) is 0 Å². The Morgan fingerprint density at radius 3 is 2.15 bits per heavy atom. The summed E-state index contributed by atoms with van der Waals surface area (Å²) < 4.78 is 43.8. The molecule has 0 aliphatic carbocycles. The first kappa shape index (κ1) is 15.2. The zero-order valence-corrected chi connectivity index (χ0v) is 11.8. The maximum atomic E-state index is 12.9. The van der Waals surface area contributed by atoms with Crippen LogP contribution in [0.1, 0.15) is 5.56 Å². The third-order valence-electron chi connectivity index (χ3n) is 2.22. The molecule has 20 heavy (non-hydrogen) atoms. The van der Waals surface area contributed by atoms with Gasteiger partial charge in [0.15, 0.2) is 10.9 Å². The smallest absolute Gasteiger partial charge is 0.420 e. The fourth-order valence-corrected chi connectivity index (χ4v) is 2.15. The van der Waals surface area contributed by atoms with Crippen molar-refractivity contribution in [3.63, 3.8) is 0 Å². The number of rotatable bonds is 2. The molecule has 0 unspecified atom stereocenters. The molecule has 0 bridgehead atoms. The highest BCUT2D eigenvalue weighted by Gasteiger charge is 2.36. The molecule has 2 rings (SSSR count). The lowest BCUT2D eigenvalue weighted by molar-refractivity contribution is -0.138. The molecule has 1 aromatic carbocycles. The number of nitrogens with zero attached hydrogens (tertiary/aromatic N) is 1. The topological polar surface area (TPSA) is 22.1 Å². The van der Waals surface area contributed by atoms with Gasteiger partial charge in [0.25, 0.3) is 0 Å². The van der Waals surface area contributed by atoms with Crippen molar-refractivity contribution in [3.05, 3.63) is 51.2 Å². The fourth-order valence-electron chi connectivity index (χ4n) is 1.45. The molecule has 0 N–H and O–H groups in total. The van der Waals surface area contributed by atoms with Crippen LogP contribution in [0.4, 0.5) is 13.2 Å². The van der Waals surface area contributed by atoms with Crippen molar-refractivity contribution in [1.29, 1.82) is 0 Å². The van der Waals surface area contributed by atoms with E-state index in [1.54, 1.807) is 0 Å². The highest BCUT2D eigenvalue weighted by atomic mass is 35.5. The van der Waals surface area contributed by atoms with Gasteiger partial charge in [-0.2, -0.15) is 13.2 Å². The number of pyridine rings is 1. The van der Waals surface area contributed by atoms with Gasteiger partial charge in [0, 0.05) is 16.2 Å². The first-order valence-electron chi connectivity index (χ1n) is 5.13. The summed E-state index contributed by atoms with van der Waals surface area (Å²) in [6.07, 6.45) is -3.67. The van der Waals surface area contributed by atoms with Crippen molar-refractivity contribution in [3.8, 4) is 11.5 Å². The minimum Gasteiger partial charge on any atom is -0.453 e. The zero-order valence-electron chi connectivity index (χ0n) is 9.51. The summed E-state index contributed by atoms with van der Waals surface area (Å²) in [5.41, 5.74) is -1.03. The first-order chi connectivity index (χ1) is 9.27. The standard InChI is InChI=1S/C12H5Cl3F3NO/c13-6-3-7(14)5-8(4-6)20-10-9(12(16,17)18)1-2-19-11(10)15/h1-5H. The molecule has 0 saturated carbocycles. The highest BCUT2D eigenvalue weighted by Crippen LogP contribution is 2.41. The summed E-state index contributed by atoms with van der Waals surface area (Å²) in [5.74, 6) is -0.567. The van der Waals surface area contributed by atoms with Gasteiger partial charge in [-0.15, -0.1) is 0 Å². The molecule has 0 saturated heterocycles. The summed E-state index contributed by atoms with van der Waals surface area (Å²) in [7, 11) is 0. The second kappa shape index (κ2) is 5.68. The molecule has 1 aromatic heterocycles. The Labute approximate surface area is 127 Å². The van der Waals surface area contributed by atoms with E-state index in [2.05, 4.69) is 4.98 Å². The van der Waals surface area contributed by atoms with Crippen LogP contribution >= 0.6 is 34.8 Å². The Morgan fingerprint density at radius 2 is 1.60 bits per heavy atom. The van der Waals surface area contributed by atoms with Gasteiger partial charge in [0.2, 0.25) is 0 Å². The fraction of sp³-hybridized carbons (Fsp3) is 0.0833. The van der Waals surface area contributed by atoms with Gasteiger partial charge >= 0.3 is 6.18 Å². The number of hydrogen-bond donors (Lipinski definition) is 0. The van der Waals surface area contributed by atoms with Crippen LogP contribution in [0.15, 0.2) is 30.5 Å². The second-order valence-electron chi connectivity index (χ2n) is 3.68. The molecular weight excluding hydrogens is 337 g/mol. The third-order valence-corrected chi connectivity index (χ3v) is 2.93. The van der Waals surface area contributed by atoms with Crippen molar-refractivity contribution < 1.29 is 17.9 Å². The number of aromatic nitrogens is 1. The van der Waals surface area contributed by atoms with Gasteiger partial charge in [0.1, 0.15) is 11.3 Å². The molecule has 8 heteroatoms. The highest BCUT2D eigenvalue weighted by molar-refractivity contribution is 6.34. The van der Waals surface area contributed by atoms with E-state index in [1.807, 2.05) is 0 Å². The number of ether oxygens (including phenoxy) is 1. The molecule has 1 heterocycles. The molecule has 0 radical (unpaired) electrons. The lowest BCUT2D eigenvalue weighted by atomic mass is 10.2. The van der Waals surface area contributed by atoms with E-state index in [0.29, 0.717) is 0 Å². The summed E-state index contributed by atoms with van der Waals surface area (Å²) in [4.78, 5) is 3.57. The van der Waals surface area contributed by atoms with Crippen LogP contribution in [-0.4, -0.2) is 4.98 Å². The van der Waals surface area contributed by atoms with Crippen molar-refractivity contribution in [2.75, 3.05) is 0 Å². The van der Waals surface area contributed by atoms with Gasteiger partial charge in [-0.3, -0.25) is 0 Å². The Morgan fingerprint density at radius 1 is 1.00 bits per heavy atom. The van der Waals surface area contributed by atoms with Crippen molar-refractivity contribution in [2.45, 2.75) is 6.18 Å². The normalized spacial score (nSPS) is 11.5. The number of hydrogen-bond acceptors (Lipinski definition) is 2. The predicted molar refractivity (Wildman–Crippen MR) is 70.8 cm³/mol. The summed E-state index contributed by atoms with van der Waals surface area (Å²) in [6, 6.07) is 4.83. The van der Waals surface area contributed by atoms with Gasteiger partial charge in [-0.25, -0.2) is 4.98 Å². The van der Waals surface area contributed by atoms with Gasteiger partial charge in [-0.1, -0.05) is 34.8 Å². The van der Waals surface area contributed by atoms with E-state index >= 15 is 0 Å². The third kappa shape index (κ3) is 3.48. The maximum absolute atomic E-state index is 12.9. The van der Waals surface area contributed by atoms with Crippen molar-refractivity contribution in [1.82, 2.24) is 4.98 Å². The SMILES string of the molecule is FC(F)(F)c1ccnc(Cl)c1Oc1cc(Cl)cc(Cl)c1. The van der Waals surface area contributed by atoms with Crippen LogP contribution < -0.4 is 4.74 Å². The molecule has 2 nitrogen and oxygen atoms in total. The van der Waals surface area contributed by atoms with Crippen molar-refractivity contribution in [2.24, 2.45) is 0 Å². The average Bonchev–Trinajstić information content (AvgIpc) is 2.29. The van der Waals surface area contributed by atoms with E-state index in [1.165, 1.54) is 18.2 Å². The number of halogens is 6. The van der Waals surface area contributed by atoms with Gasteiger partial charge in [-0.05, 0) is 24.3 Å². The maximum Gasteiger partial charge on any atom is 0.420 e. The molecule has 0 atom stereocenters. The minimum absolute atomic E-state index is 0.0305. The van der Waals surface area contributed by atoms with Crippen LogP contribution in [0.25, 0.3) is 0 Å². The van der Waals surface area contributed by atoms with Crippen molar-refractivity contribution >= 4 is 34.8 Å². The molecule has 0 amide bonds. The van der Waals surface area contributed by atoms with Gasteiger partial charge in [0.05, 0.1) is 0 Å². The summed E-state index contributed by atoms with van der Waals surface area (Å²) in [6.45, 7) is 0. The quantitative estimate of drug-likeness (QED) is 0.638. The molecule has 0 spiro atoms. The van der Waals surface area contributed by atoms with Crippen LogP contribution in [0.2, 0.25) is 15.2 Å². The monoisotopic (exact) mass is 341 g/mol. The van der Waals surface area contributed by atoms with E-state index < -0.39 is 22.6 Å². The van der Waals surface area contributed by atoms with Crippen LogP contribution in [0.3, 0.4) is 0 Å². The lowest BCUT2D eigenvalue weighted by Crippen LogP contribution is -2.08. The second-order valence-corrected chi connectivity index (χ2v) is 4.91. The summed E-state index contributed by atoms with van der Waals surface area (Å²) >= 11 is 17.2. The van der Waals surface area contributed by atoms with Crippen LogP contribution in [-0.2, 0) is 6.18 Å². The first-order valence-corrected chi connectivity index (χ1v) is 6.26. The molecule has 106 valence electrons.